The molecule has 5 nitrogen and oxygen atoms in total. The number of rotatable bonds is 4. The lowest BCUT2D eigenvalue weighted by Crippen LogP contribution is -2.25. The van der Waals surface area contributed by atoms with Crippen LogP contribution in [0.1, 0.15) is 43.2 Å². The molecular weight excluding hydrogens is 266 g/mol. The van der Waals surface area contributed by atoms with Gasteiger partial charge in [0.1, 0.15) is 17.6 Å². The zero-order valence-electron chi connectivity index (χ0n) is 12.5. The van der Waals surface area contributed by atoms with Crippen LogP contribution in [0.4, 0.5) is 0 Å². The minimum Gasteiger partial charge on any atom is -0.497 e. The van der Waals surface area contributed by atoms with Crippen molar-refractivity contribution in [3.05, 3.63) is 42.0 Å². The van der Waals surface area contributed by atoms with E-state index in [1.54, 1.807) is 7.11 Å². The van der Waals surface area contributed by atoms with Gasteiger partial charge in [-0.25, -0.2) is 4.98 Å². The quantitative estimate of drug-likeness (QED) is 0.939. The summed E-state index contributed by atoms with van der Waals surface area (Å²) in [7, 11) is 1.66. The van der Waals surface area contributed by atoms with Crippen molar-refractivity contribution in [2.75, 3.05) is 7.11 Å². The van der Waals surface area contributed by atoms with Crippen LogP contribution in [-0.2, 0) is 6.54 Å². The highest BCUT2D eigenvalue weighted by Crippen LogP contribution is 2.41. The van der Waals surface area contributed by atoms with Gasteiger partial charge in [-0.05, 0) is 24.6 Å². The molecule has 1 aliphatic rings. The average molecular weight is 287 g/mol. The second-order valence-corrected chi connectivity index (χ2v) is 5.36. The summed E-state index contributed by atoms with van der Waals surface area (Å²) in [5.41, 5.74) is 8.42. The standard InChI is InChI=1S/C16H21N3O2/c1-3-6-19-10-18-9-14(19)16-8-13(17)12-7-11(20-2)4-5-15(12)21-16/h4-5,7,9-10,13,16H,3,6,8,17H2,1-2H3. The van der Waals surface area contributed by atoms with Gasteiger partial charge in [-0.15, -0.1) is 0 Å². The summed E-state index contributed by atoms with van der Waals surface area (Å²) >= 11 is 0. The van der Waals surface area contributed by atoms with Crippen molar-refractivity contribution in [1.29, 1.82) is 0 Å². The van der Waals surface area contributed by atoms with Gasteiger partial charge in [0, 0.05) is 24.6 Å². The van der Waals surface area contributed by atoms with E-state index < -0.39 is 0 Å². The highest BCUT2D eigenvalue weighted by molar-refractivity contribution is 5.44. The fourth-order valence-corrected chi connectivity index (χ4v) is 2.82. The first-order valence-electron chi connectivity index (χ1n) is 7.33. The summed E-state index contributed by atoms with van der Waals surface area (Å²) in [6.07, 6.45) is 5.50. The summed E-state index contributed by atoms with van der Waals surface area (Å²) < 4.78 is 13.5. The molecule has 1 aromatic heterocycles. The number of imidazole rings is 1. The predicted octanol–water partition coefficient (Wildman–Crippen LogP) is 2.83. The molecule has 0 spiro atoms. The van der Waals surface area contributed by atoms with Crippen molar-refractivity contribution < 1.29 is 9.47 Å². The van der Waals surface area contributed by atoms with Gasteiger partial charge < -0.3 is 19.8 Å². The van der Waals surface area contributed by atoms with E-state index in [0.29, 0.717) is 0 Å². The first-order valence-corrected chi connectivity index (χ1v) is 7.33. The van der Waals surface area contributed by atoms with E-state index in [-0.39, 0.29) is 12.1 Å². The Morgan fingerprint density at radius 1 is 1.48 bits per heavy atom. The maximum atomic E-state index is 6.33. The number of aryl methyl sites for hydroxylation is 1. The van der Waals surface area contributed by atoms with E-state index in [1.165, 1.54) is 0 Å². The molecule has 2 unspecified atom stereocenters. The van der Waals surface area contributed by atoms with E-state index in [9.17, 15) is 0 Å². The Labute approximate surface area is 124 Å². The molecule has 112 valence electrons. The van der Waals surface area contributed by atoms with Crippen molar-refractivity contribution in [1.82, 2.24) is 9.55 Å². The molecule has 21 heavy (non-hydrogen) atoms. The number of aromatic nitrogens is 2. The normalized spacial score (nSPS) is 20.7. The third-order valence-electron chi connectivity index (χ3n) is 3.89. The van der Waals surface area contributed by atoms with Crippen LogP contribution in [0.5, 0.6) is 11.5 Å². The Hall–Kier alpha value is -2.01. The van der Waals surface area contributed by atoms with Crippen LogP contribution >= 0.6 is 0 Å². The molecule has 0 bridgehead atoms. The van der Waals surface area contributed by atoms with Crippen LogP contribution < -0.4 is 15.2 Å². The maximum Gasteiger partial charge on any atom is 0.142 e. The highest BCUT2D eigenvalue weighted by atomic mass is 16.5. The first-order chi connectivity index (χ1) is 10.2. The maximum absolute atomic E-state index is 6.33. The number of benzene rings is 1. The van der Waals surface area contributed by atoms with E-state index >= 15 is 0 Å². The van der Waals surface area contributed by atoms with Crippen molar-refractivity contribution in [3.8, 4) is 11.5 Å². The number of methoxy groups -OCH3 is 1. The molecule has 2 atom stereocenters. The smallest absolute Gasteiger partial charge is 0.142 e. The SMILES string of the molecule is CCCn1cncc1C1CC(N)c2cc(OC)ccc2O1. The lowest BCUT2D eigenvalue weighted by molar-refractivity contribution is 0.152. The lowest BCUT2D eigenvalue weighted by atomic mass is 9.95. The Bertz CT molecular complexity index is 624. The van der Waals surface area contributed by atoms with E-state index in [4.69, 9.17) is 15.2 Å². The molecular formula is C16H21N3O2. The van der Waals surface area contributed by atoms with Crippen molar-refractivity contribution in [2.24, 2.45) is 5.73 Å². The summed E-state index contributed by atoms with van der Waals surface area (Å²) in [6.45, 7) is 3.10. The van der Waals surface area contributed by atoms with Crippen LogP contribution in [-0.4, -0.2) is 16.7 Å². The van der Waals surface area contributed by atoms with E-state index in [2.05, 4.69) is 16.5 Å². The molecule has 0 amide bonds. The minimum atomic E-state index is -0.0566. The molecule has 2 heterocycles. The average Bonchev–Trinajstić information content (AvgIpc) is 2.95. The first kappa shape index (κ1) is 13.9. The molecule has 3 rings (SSSR count). The molecule has 2 N–H and O–H groups in total. The van der Waals surface area contributed by atoms with Crippen LogP contribution in [0.25, 0.3) is 0 Å². The van der Waals surface area contributed by atoms with Crippen molar-refractivity contribution >= 4 is 0 Å². The number of hydrogen-bond donors (Lipinski definition) is 1. The Morgan fingerprint density at radius 2 is 2.33 bits per heavy atom. The van der Waals surface area contributed by atoms with Gasteiger partial charge in [0.15, 0.2) is 0 Å². The molecule has 0 fully saturated rings. The largest absolute Gasteiger partial charge is 0.497 e. The van der Waals surface area contributed by atoms with Gasteiger partial charge >= 0.3 is 0 Å². The van der Waals surface area contributed by atoms with Crippen LogP contribution in [0, 0.1) is 0 Å². The number of nitrogens with zero attached hydrogens (tertiary/aromatic N) is 2. The molecule has 0 aliphatic carbocycles. The Kier molecular flexibility index (Phi) is 3.84. The molecule has 0 radical (unpaired) electrons. The zero-order chi connectivity index (χ0) is 14.8. The van der Waals surface area contributed by atoms with Gasteiger partial charge in [-0.2, -0.15) is 0 Å². The van der Waals surface area contributed by atoms with E-state index in [1.807, 2.05) is 30.7 Å². The Balaban J connectivity index is 1.89. The third-order valence-corrected chi connectivity index (χ3v) is 3.89. The van der Waals surface area contributed by atoms with Gasteiger partial charge in [-0.1, -0.05) is 6.92 Å². The van der Waals surface area contributed by atoms with Crippen LogP contribution in [0.2, 0.25) is 0 Å². The number of ether oxygens (including phenoxy) is 2. The molecule has 5 heteroatoms. The summed E-state index contributed by atoms with van der Waals surface area (Å²) in [4.78, 5) is 4.25. The van der Waals surface area contributed by atoms with Gasteiger partial charge in [0.05, 0.1) is 25.3 Å². The zero-order valence-corrected chi connectivity index (χ0v) is 12.5. The fraction of sp³-hybridized carbons (Fsp3) is 0.438. The third kappa shape index (κ3) is 2.61. The van der Waals surface area contributed by atoms with Crippen LogP contribution in [0.15, 0.2) is 30.7 Å². The second-order valence-electron chi connectivity index (χ2n) is 5.36. The lowest BCUT2D eigenvalue weighted by Gasteiger charge is -2.31. The van der Waals surface area contributed by atoms with Gasteiger partial charge in [0.25, 0.3) is 0 Å². The molecule has 0 saturated carbocycles. The monoisotopic (exact) mass is 287 g/mol. The topological polar surface area (TPSA) is 62.3 Å². The number of fused-ring (bicyclic) bond motifs is 1. The molecule has 2 aromatic rings. The molecule has 1 aromatic carbocycles. The molecule has 0 saturated heterocycles. The summed E-state index contributed by atoms with van der Waals surface area (Å²) in [5.74, 6) is 1.64. The number of hydrogen-bond acceptors (Lipinski definition) is 4. The van der Waals surface area contributed by atoms with Gasteiger partial charge in [-0.3, -0.25) is 0 Å². The predicted molar refractivity (Wildman–Crippen MR) is 80.4 cm³/mol. The van der Waals surface area contributed by atoms with Crippen molar-refractivity contribution in [2.45, 2.75) is 38.5 Å². The Morgan fingerprint density at radius 3 is 3.10 bits per heavy atom. The van der Waals surface area contributed by atoms with Crippen LogP contribution in [0.3, 0.4) is 0 Å². The molecule has 1 aliphatic heterocycles. The summed E-state index contributed by atoms with van der Waals surface area (Å²) in [6, 6.07) is 5.73. The number of nitrogens with two attached hydrogens (primary N) is 1. The highest BCUT2D eigenvalue weighted by Gasteiger charge is 2.29. The second kappa shape index (κ2) is 5.77. The van der Waals surface area contributed by atoms with Gasteiger partial charge in [0.2, 0.25) is 0 Å². The minimum absolute atomic E-state index is 0.0463. The fourth-order valence-electron chi connectivity index (χ4n) is 2.82. The van der Waals surface area contributed by atoms with Crippen molar-refractivity contribution in [3.63, 3.8) is 0 Å². The summed E-state index contributed by atoms with van der Waals surface area (Å²) in [5, 5.41) is 0. The van der Waals surface area contributed by atoms with E-state index in [0.717, 1.165) is 42.1 Å².